The molecule has 2 aromatic rings. The molecular formula is C22H24Cl2NTi. The van der Waals surface area contributed by atoms with Crippen LogP contribution >= 0.6 is 0 Å². The maximum atomic E-state index is 5.05. The van der Waals surface area contributed by atoms with Crippen molar-refractivity contribution in [2.24, 2.45) is 0 Å². The normalized spacial score (nSPS) is 13.0. The minimum Gasteiger partial charge on any atom is -1.00 e. The third-order valence-electron chi connectivity index (χ3n) is 4.49. The van der Waals surface area contributed by atoms with Crippen molar-refractivity contribution in [1.29, 1.82) is 0 Å². The number of hydrogen-bond acceptors (Lipinski definition) is 0. The summed E-state index contributed by atoms with van der Waals surface area (Å²) < 4.78 is 0. The average molecular weight is 421 g/mol. The molecule has 0 fully saturated rings. The van der Waals surface area contributed by atoms with E-state index in [1.54, 1.807) is 0 Å². The maximum Gasteiger partial charge on any atom is 3.00 e. The zero-order chi connectivity index (χ0) is 16.4. The van der Waals surface area contributed by atoms with Crippen LogP contribution in [0.2, 0.25) is 0 Å². The predicted octanol–water partition coefficient (Wildman–Crippen LogP) is 0.727. The van der Waals surface area contributed by atoms with Gasteiger partial charge in [-0.25, -0.2) is 0 Å². The molecule has 2 aromatic carbocycles. The Kier molecular flexibility index (Phi) is 10.6. The Balaban J connectivity index is 0.00000208. The van der Waals surface area contributed by atoms with E-state index in [9.17, 15) is 0 Å². The fourth-order valence-corrected chi connectivity index (χ4v) is 3.44. The molecule has 0 aromatic heterocycles. The van der Waals surface area contributed by atoms with Crippen LogP contribution in [-0.2, 0) is 21.7 Å². The molecule has 1 atom stereocenters. The van der Waals surface area contributed by atoms with Gasteiger partial charge in [-0.1, -0.05) is 89.8 Å². The molecule has 1 aliphatic carbocycles. The summed E-state index contributed by atoms with van der Waals surface area (Å²) >= 11 is 0. The van der Waals surface area contributed by atoms with Crippen molar-refractivity contribution in [3.8, 4) is 0 Å². The van der Waals surface area contributed by atoms with Crippen LogP contribution in [0, 0.1) is 20.8 Å². The molecule has 0 amide bonds. The van der Waals surface area contributed by atoms with E-state index in [2.05, 4.69) is 82.3 Å². The summed E-state index contributed by atoms with van der Waals surface area (Å²) in [6, 6.07) is 13.2. The summed E-state index contributed by atoms with van der Waals surface area (Å²) in [5.74, 6) is 0. The molecular weight excluding hydrogens is 397 g/mol. The summed E-state index contributed by atoms with van der Waals surface area (Å²) in [5.41, 5.74) is 8.98. The fourth-order valence-electron chi connectivity index (χ4n) is 3.44. The van der Waals surface area contributed by atoms with Crippen LogP contribution in [0.4, 0.5) is 5.69 Å². The Morgan fingerprint density at radius 2 is 1.58 bits per heavy atom. The number of rotatable bonds is 4. The van der Waals surface area contributed by atoms with Gasteiger partial charge < -0.3 is 30.1 Å². The van der Waals surface area contributed by atoms with Crippen molar-refractivity contribution in [1.82, 2.24) is 0 Å². The largest absolute Gasteiger partial charge is 3.00 e. The van der Waals surface area contributed by atoms with Gasteiger partial charge >= 0.3 is 21.7 Å². The van der Waals surface area contributed by atoms with Crippen LogP contribution in [0.25, 0.3) is 10.9 Å². The first-order valence-corrected chi connectivity index (χ1v) is 8.30. The Bertz CT molecular complexity index is 773. The van der Waals surface area contributed by atoms with Gasteiger partial charge in [-0.2, -0.15) is 0 Å². The zero-order valence-electron chi connectivity index (χ0n) is 15.7. The second-order valence-electron chi connectivity index (χ2n) is 6.46. The van der Waals surface area contributed by atoms with Crippen molar-refractivity contribution in [3.05, 3.63) is 87.8 Å². The van der Waals surface area contributed by atoms with Gasteiger partial charge in [0, 0.05) is 0 Å². The van der Waals surface area contributed by atoms with Crippen LogP contribution in [0.3, 0.4) is 0 Å². The topological polar surface area (TPSA) is 14.1 Å². The molecule has 0 N–H and O–H groups in total. The van der Waals surface area contributed by atoms with E-state index in [0.29, 0.717) is 0 Å². The molecule has 1 radical (unpaired) electrons. The summed E-state index contributed by atoms with van der Waals surface area (Å²) in [4.78, 5) is 0. The maximum absolute atomic E-state index is 5.05. The van der Waals surface area contributed by atoms with Crippen molar-refractivity contribution < 1.29 is 46.5 Å². The molecule has 0 saturated carbocycles. The van der Waals surface area contributed by atoms with Gasteiger partial charge in [0.1, 0.15) is 0 Å². The molecule has 135 valence electrons. The Hall–Kier alpha value is -0.986. The van der Waals surface area contributed by atoms with Gasteiger partial charge in [-0.3, -0.25) is 0 Å². The standard InChI is InChI=1S/C22H24N.2ClH.Ti/c1-15-13-16(2)22(17(3)14-15)23-18(4)20-11-7-8-12-21(20)19-9-5-6-10-19;;;/h5-9,11-14,18H,10H2,1-4H3;2*1H;/q-1;;;+3/p-2. The van der Waals surface area contributed by atoms with Crippen LogP contribution in [0.5, 0.6) is 0 Å². The van der Waals surface area contributed by atoms with E-state index >= 15 is 0 Å². The molecule has 0 bridgehead atoms. The van der Waals surface area contributed by atoms with Crippen molar-refractivity contribution in [2.75, 3.05) is 0 Å². The van der Waals surface area contributed by atoms with Crippen molar-refractivity contribution in [3.63, 3.8) is 0 Å². The molecule has 1 aliphatic rings. The van der Waals surface area contributed by atoms with E-state index in [1.807, 2.05) is 0 Å². The number of allylic oxidation sites excluding steroid dienone is 4. The average Bonchev–Trinajstić information content (AvgIpc) is 3.05. The van der Waals surface area contributed by atoms with Gasteiger partial charge in [-0.05, 0) is 38.3 Å². The minimum atomic E-state index is 0. The van der Waals surface area contributed by atoms with Gasteiger partial charge in [0.15, 0.2) is 0 Å². The van der Waals surface area contributed by atoms with E-state index in [1.165, 1.54) is 33.4 Å². The zero-order valence-corrected chi connectivity index (χ0v) is 18.8. The van der Waals surface area contributed by atoms with Gasteiger partial charge in [-0.15, -0.1) is 5.69 Å². The summed E-state index contributed by atoms with van der Waals surface area (Å²) in [6.45, 7) is 8.64. The molecule has 1 unspecified atom stereocenters. The molecule has 4 heteroatoms. The number of benzene rings is 2. The van der Waals surface area contributed by atoms with Crippen molar-refractivity contribution in [2.45, 2.75) is 40.2 Å². The molecule has 0 spiro atoms. The summed E-state index contributed by atoms with van der Waals surface area (Å²) in [6.07, 6.45) is 7.59. The predicted molar refractivity (Wildman–Crippen MR) is 100 cm³/mol. The smallest absolute Gasteiger partial charge is 1.00 e. The first-order valence-electron chi connectivity index (χ1n) is 8.30. The number of aryl methyl sites for hydroxylation is 3. The van der Waals surface area contributed by atoms with E-state index in [-0.39, 0.29) is 52.6 Å². The number of hydrogen-bond donors (Lipinski definition) is 0. The van der Waals surface area contributed by atoms with Gasteiger partial charge in [0.25, 0.3) is 0 Å². The Morgan fingerprint density at radius 3 is 2.15 bits per heavy atom. The molecule has 1 nitrogen and oxygen atoms in total. The van der Waals surface area contributed by atoms with Gasteiger partial charge in [0.05, 0.1) is 0 Å². The first kappa shape index (κ1) is 25.0. The Labute approximate surface area is 185 Å². The van der Waals surface area contributed by atoms with Crippen LogP contribution < -0.4 is 24.8 Å². The van der Waals surface area contributed by atoms with E-state index in [0.717, 1.165) is 12.1 Å². The van der Waals surface area contributed by atoms with E-state index in [4.69, 9.17) is 5.32 Å². The van der Waals surface area contributed by atoms with Crippen molar-refractivity contribution >= 4 is 11.3 Å². The molecule has 26 heavy (non-hydrogen) atoms. The quantitative estimate of drug-likeness (QED) is 0.647. The number of nitrogens with zero attached hydrogens (tertiary/aromatic N) is 1. The second kappa shape index (κ2) is 11.0. The van der Waals surface area contributed by atoms with E-state index < -0.39 is 0 Å². The Morgan fingerprint density at radius 1 is 0.962 bits per heavy atom. The summed E-state index contributed by atoms with van der Waals surface area (Å²) in [7, 11) is 0. The first-order chi connectivity index (χ1) is 11.1. The number of halogens is 2. The molecule has 0 aliphatic heterocycles. The molecule has 0 heterocycles. The molecule has 3 rings (SSSR count). The summed E-state index contributed by atoms with van der Waals surface area (Å²) in [5, 5.41) is 5.05. The molecule has 0 saturated heterocycles. The van der Waals surface area contributed by atoms with Gasteiger partial charge in [0.2, 0.25) is 0 Å². The third-order valence-corrected chi connectivity index (χ3v) is 4.49. The minimum absolute atomic E-state index is 0. The van der Waals surface area contributed by atoms with Crippen LogP contribution in [-0.4, -0.2) is 0 Å². The second-order valence-corrected chi connectivity index (χ2v) is 6.46. The SMILES string of the molecule is Cc1cc(C)c([N-]C(C)c2ccccc2C2=CC=CC2)c(C)c1.[Cl-].[Cl-].[Ti+3]. The van der Waals surface area contributed by atoms with Crippen LogP contribution in [0.15, 0.2) is 54.6 Å². The van der Waals surface area contributed by atoms with Crippen LogP contribution in [0.1, 0.15) is 47.2 Å². The monoisotopic (exact) mass is 420 g/mol. The third kappa shape index (κ3) is 5.50. The fraction of sp³-hybridized carbons (Fsp3) is 0.273.